The van der Waals surface area contributed by atoms with Crippen LogP contribution in [-0.4, -0.2) is 31.7 Å². The van der Waals surface area contributed by atoms with Crippen LogP contribution in [-0.2, 0) is 0 Å². The smallest absolute Gasteiger partial charge is 0.128 e. The van der Waals surface area contributed by atoms with Crippen LogP contribution in [0.25, 0.3) is 16.3 Å². The molecule has 0 bridgehead atoms. The Morgan fingerprint density at radius 1 is 0.931 bits per heavy atom. The van der Waals surface area contributed by atoms with Gasteiger partial charge in [-0.25, -0.2) is 0 Å². The summed E-state index contributed by atoms with van der Waals surface area (Å²) >= 11 is 0. The fourth-order valence-corrected chi connectivity index (χ4v) is 3.90. The molecule has 0 aliphatic carbocycles. The molecule has 4 rings (SSSR count). The predicted molar refractivity (Wildman–Crippen MR) is 121 cm³/mol. The predicted octanol–water partition coefficient (Wildman–Crippen LogP) is 6.07. The van der Waals surface area contributed by atoms with Gasteiger partial charge in [0, 0.05) is 11.6 Å². The van der Waals surface area contributed by atoms with Crippen LogP contribution in [0.15, 0.2) is 60.7 Å². The van der Waals surface area contributed by atoms with Crippen LogP contribution < -0.4 is 9.47 Å². The first-order valence-electron chi connectivity index (χ1n) is 10.1. The number of hydrogen-bond acceptors (Lipinski definition) is 3. The lowest BCUT2D eigenvalue weighted by Gasteiger charge is -2.32. The Labute approximate surface area is 173 Å². The second-order valence-corrected chi connectivity index (χ2v) is 8.59. The van der Waals surface area contributed by atoms with E-state index >= 15 is 0 Å². The molecule has 0 N–H and O–H groups in total. The van der Waals surface area contributed by atoms with Gasteiger partial charge in [-0.15, -0.1) is 0 Å². The maximum Gasteiger partial charge on any atom is 0.128 e. The zero-order valence-corrected chi connectivity index (χ0v) is 18.1. The number of hydrogen-bond donors (Lipinski definition) is 0. The van der Waals surface area contributed by atoms with Gasteiger partial charge in [-0.1, -0.05) is 30.3 Å². The molecule has 29 heavy (non-hydrogen) atoms. The van der Waals surface area contributed by atoms with Crippen molar-refractivity contribution in [3.05, 3.63) is 77.4 Å². The molecular formula is C26H29NO2. The van der Waals surface area contributed by atoms with Gasteiger partial charge in [-0.2, -0.15) is 0 Å². The quantitative estimate of drug-likeness (QED) is 0.542. The second kappa shape index (κ2) is 7.23. The summed E-state index contributed by atoms with van der Waals surface area (Å²) < 4.78 is 11.7. The van der Waals surface area contributed by atoms with Gasteiger partial charge in [0.1, 0.15) is 17.1 Å². The van der Waals surface area contributed by atoms with Crippen molar-refractivity contribution < 1.29 is 9.47 Å². The van der Waals surface area contributed by atoms with Crippen molar-refractivity contribution in [3.8, 4) is 11.5 Å². The highest BCUT2D eigenvalue weighted by Gasteiger charge is 2.28. The molecule has 1 heterocycles. The van der Waals surface area contributed by atoms with Gasteiger partial charge in [0.2, 0.25) is 0 Å². The van der Waals surface area contributed by atoms with Crippen molar-refractivity contribution in [1.82, 2.24) is 4.90 Å². The molecule has 0 saturated carbocycles. The highest BCUT2D eigenvalue weighted by molar-refractivity contribution is 5.92. The average Bonchev–Trinajstić information content (AvgIpc) is 2.70. The summed E-state index contributed by atoms with van der Waals surface area (Å²) in [4.78, 5) is 2.21. The van der Waals surface area contributed by atoms with Gasteiger partial charge in [-0.05, 0) is 92.7 Å². The molecule has 3 nitrogen and oxygen atoms in total. The zero-order chi connectivity index (χ0) is 20.8. The van der Waals surface area contributed by atoms with E-state index in [2.05, 4.69) is 94.4 Å². The van der Waals surface area contributed by atoms with Gasteiger partial charge >= 0.3 is 0 Å². The number of benzene rings is 3. The van der Waals surface area contributed by atoms with Crippen LogP contribution in [0, 0.1) is 0 Å². The molecule has 1 aliphatic rings. The van der Waals surface area contributed by atoms with Crippen LogP contribution in [0.3, 0.4) is 0 Å². The van der Waals surface area contributed by atoms with Gasteiger partial charge in [0.25, 0.3) is 0 Å². The molecule has 0 fully saturated rings. The minimum Gasteiger partial charge on any atom is -0.497 e. The van der Waals surface area contributed by atoms with Gasteiger partial charge in [0.05, 0.1) is 7.11 Å². The molecule has 0 spiro atoms. The molecule has 3 aromatic rings. The summed E-state index contributed by atoms with van der Waals surface area (Å²) in [6, 6.07) is 19.7. The third kappa shape index (κ3) is 3.75. The van der Waals surface area contributed by atoms with Crippen molar-refractivity contribution in [1.29, 1.82) is 0 Å². The topological polar surface area (TPSA) is 21.7 Å². The van der Waals surface area contributed by atoms with E-state index in [0.29, 0.717) is 6.04 Å². The molecule has 1 atom stereocenters. The summed E-state index contributed by atoms with van der Waals surface area (Å²) in [7, 11) is 5.90. The number of ether oxygens (including phenoxy) is 2. The van der Waals surface area contributed by atoms with Crippen molar-refractivity contribution in [2.75, 3.05) is 21.2 Å². The minimum atomic E-state index is -0.364. The van der Waals surface area contributed by atoms with Crippen LogP contribution in [0.4, 0.5) is 0 Å². The third-order valence-corrected chi connectivity index (χ3v) is 5.78. The minimum absolute atomic E-state index is 0.331. The fourth-order valence-electron chi connectivity index (χ4n) is 3.90. The van der Waals surface area contributed by atoms with E-state index in [1.54, 1.807) is 7.11 Å². The monoisotopic (exact) mass is 387 g/mol. The van der Waals surface area contributed by atoms with E-state index in [9.17, 15) is 0 Å². The zero-order valence-electron chi connectivity index (χ0n) is 18.1. The highest BCUT2D eigenvalue weighted by Crippen LogP contribution is 2.41. The van der Waals surface area contributed by atoms with Gasteiger partial charge < -0.3 is 14.4 Å². The second-order valence-electron chi connectivity index (χ2n) is 8.59. The number of methoxy groups -OCH3 is 1. The third-order valence-electron chi connectivity index (χ3n) is 5.78. The summed E-state index contributed by atoms with van der Waals surface area (Å²) in [5.74, 6) is 1.83. The molecule has 3 heteroatoms. The first-order chi connectivity index (χ1) is 13.8. The van der Waals surface area contributed by atoms with Crippen molar-refractivity contribution in [2.45, 2.75) is 32.4 Å². The first-order valence-corrected chi connectivity index (χ1v) is 10.1. The number of nitrogens with zero attached hydrogens (tertiary/aromatic N) is 1. The summed E-state index contributed by atoms with van der Waals surface area (Å²) in [5, 5.41) is 2.38. The largest absolute Gasteiger partial charge is 0.497 e. The number of fused-ring (bicyclic) bond motifs is 2. The maximum atomic E-state index is 6.35. The van der Waals surface area contributed by atoms with E-state index in [1.165, 1.54) is 27.5 Å². The van der Waals surface area contributed by atoms with E-state index in [-0.39, 0.29) is 5.60 Å². The van der Waals surface area contributed by atoms with E-state index < -0.39 is 0 Å². The number of rotatable bonds is 4. The Morgan fingerprint density at radius 2 is 1.66 bits per heavy atom. The fraction of sp³-hybridized carbons (Fsp3) is 0.308. The Morgan fingerprint density at radius 3 is 2.38 bits per heavy atom. The Bertz CT molecular complexity index is 1100. The molecule has 3 aromatic carbocycles. The molecule has 0 aromatic heterocycles. The van der Waals surface area contributed by atoms with E-state index in [1.807, 2.05) is 6.07 Å². The lowest BCUT2D eigenvalue weighted by molar-refractivity contribution is 0.157. The lowest BCUT2D eigenvalue weighted by Crippen LogP contribution is -2.29. The summed E-state index contributed by atoms with van der Waals surface area (Å²) in [6.45, 7) is 6.44. The first kappa shape index (κ1) is 19.5. The molecule has 0 saturated heterocycles. The average molecular weight is 388 g/mol. The molecular weight excluding hydrogens is 358 g/mol. The normalized spacial score (nSPS) is 16.2. The van der Waals surface area contributed by atoms with Crippen LogP contribution in [0.5, 0.6) is 11.5 Å². The Balaban J connectivity index is 1.81. The van der Waals surface area contributed by atoms with Crippen molar-refractivity contribution in [2.24, 2.45) is 0 Å². The van der Waals surface area contributed by atoms with E-state index in [4.69, 9.17) is 9.47 Å². The van der Waals surface area contributed by atoms with Gasteiger partial charge in [-0.3, -0.25) is 0 Å². The molecule has 0 radical (unpaired) electrons. The molecule has 0 amide bonds. The molecule has 1 aliphatic heterocycles. The molecule has 150 valence electrons. The summed E-state index contributed by atoms with van der Waals surface area (Å²) in [6.07, 6.45) is 2.23. The summed E-state index contributed by atoms with van der Waals surface area (Å²) in [5.41, 5.74) is 4.46. The Hall–Kier alpha value is -2.78. The van der Waals surface area contributed by atoms with Crippen LogP contribution in [0.1, 0.15) is 43.5 Å². The maximum absolute atomic E-state index is 6.35. The van der Waals surface area contributed by atoms with E-state index in [0.717, 1.165) is 17.1 Å². The highest BCUT2D eigenvalue weighted by atomic mass is 16.5. The Kier molecular flexibility index (Phi) is 4.87. The van der Waals surface area contributed by atoms with Gasteiger partial charge in [0.15, 0.2) is 0 Å². The SMILES string of the molecule is COc1ccc2cc(C3=CC(C)(C)Oc4cc(C(C)N(C)C)ccc43)ccc2c1. The van der Waals surface area contributed by atoms with Crippen molar-refractivity contribution in [3.63, 3.8) is 0 Å². The van der Waals surface area contributed by atoms with Crippen LogP contribution >= 0.6 is 0 Å². The van der Waals surface area contributed by atoms with Crippen LogP contribution in [0.2, 0.25) is 0 Å². The molecule has 1 unspecified atom stereocenters. The standard InChI is InChI=1S/C26H29NO2/c1-17(27(4)5)18-10-12-23-24(16-26(2,3)29-25(23)15-18)21-8-7-20-14-22(28-6)11-9-19(20)13-21/h7-17H,1-6H3. The van der Waals surface area contributed by atoms with Crippen molar-refractivity contribution >= 4 is 16.3 Å². The lowest BCUT2D eigenvalue weighted by atomic mass is 9.88.